The Morgan fingerprint density at radius 2 is 2.08 bits per heavy atom. The van der Waals surface area contributed by atoms with Gasteiger partial charge in [-0.2, -0.15) is 0 Å². The predicted octanol–water partition coefficient (Wildman–Crippen LogP) is 4.52. The number of anilines is 2. The van der Waals surface area contributed by atoms with Gasteiger partial charge in [-0.05, 0) is 44.4 Å². The average Bonchev–Trinajstić information content (AvgIpc) is 3.02. The van der Waals surface area contributed by atoms with Crippen LogP contribution in [0.3, 0.4) is 0 Å². The van der Waals surface area contributed by atoms with Crippen molar-refractivity contribution < 1.29 is 4.79 Å². The van der Waals surface area contributed by atoms with Crippen LogP contribution in [0.1, 0.15) is 44.6 Å². The smallest absolute Gasteiger partial charge is 0.233 e. The number of aryl methyl sites for hydroxylation is 1. The van der Waals surface area contributed by atoms with E-state index in [4.69, 9.17) is 0 Å². The molecule has 0 saturated heterocycles. The summed E-state index contributed by atoms with van der Waals surface area (Å²) < 4.78 is 0.807. The van der Waals surface area contributed by atoms with Gasteiger partial charge in [0.25, 0.3) is 0 Å². The van der Waals surface area contributed by atoms with Crippen LogP contribution < -0.4 is 10.6 Å². The lowest BCUT2D eigenvalue weighted by Crippen LogP contribution is -2.40. The van der Waals surface area contributed by atoms with Crippen molar-refractivity contribution in [2.75, 3.05) is 5.32 Å². The van der Waals surface area contributed by atoms with Gasteiger partial charge in [0.1, 0.15) is 0 Å². The second kappa shape index (κ2) is 8.67. The number of amides is 1. The van der Waals surface area contributed by atoms with E-state index in [9.17, 15) is 4.79 Å². The van der Waals surface area contributed by atoms with Gasteiger partial charge in [-0.25, -0.2) is 0 Å². The molecule has 3 rings (SSSR count). The van der Waals surface area contributed by atoms with Crippen molar-refractivity contribution in [3.63, 3.8) is 0 Å². The summed E-state index contributed by atoms with van der Waals surface area (Å²) in [4.78, 5) is 12.4. The number of carbonyl (C=O) groups is 1. The van der Waals surface area contributed by atoms with E-state index in [1.807, 2.05) is 19.1 Å². The highest BCUT2D eigenvalue weighted by Gasteiger charge is 2.21. The summed E-state index contributed by atoms with van der Waals surface area (Å²) in [6, 6.07) is 8.47. The Hall–Kier alpha value is -1.60. The van der Waals surface area contributed by atoms with Gasteiger partial charge in [-0.1, -0.05) is 54.5 Å². The van der Waals surface area contributed by atoms with Gasteiger partial charge >= 0.3 is 0 Å². The molecular weight excluding hydrogens is 352 g/mol. The van der Waals surface area contributed by atoms with Crippen molar-refractivity contribution in [2.45, 2.75) is 61.6 Å². The number of rotatable bonds is 6. The summed E-state index contributed by atoms with van der Waals surface area (Å²) in [5.74, 6) is 0.0975. The maximum atomic E-state index is 12.4. The fourth-order valence-electron chi connectivity index (χ4n) is 2.92. The van der Waals surface area contributed by atoms with E-state index in [0.717, 1.165) is 28.0 Å². The average molecular weight is 377 g/mol. The van der Waals surface area contributed by atoms with Crippen LogP contribution >= 0.6 is 23.1 Å². The van der Waals surface area contributed by atoms with E-state index >= 15 is 0 Å². The van der Waals surface area contributed by atoms with Gasteiger partial charge in [0.05, 0.1) is 5.25 Å². The molecule has 1 atom stereocenters. The molecule has 1 heterocycles. The van der Waals surface area contributed by atoms with Crippen molar-refractivity contribution in [3.8, 4) is 0 Å². The minimum absolute atomic E-state index is 0.0975. The third-order valence-electron chi connectivity index (χ3n) is 4.27. The van der Waals surface area contributed by atoms with E-state index in [2.05, 4.69) is 39.9 Å². The molecule has 1 amide bonds. The Morgan fingerprint density at radius 1 is 1.28 bits per heavy atom. The first-order valence-corrected chi connectivity index (χ1v) is 10.4. The van der Waals surface area contributed by atoms with E-state index in [1.165, 1.54) is 47.9 Å². The number of nitrogens with one attached hydrogen (secondary N) is 2. The minimum Gasteiger partial charge on any atom is -0.352 e. The molecule has 25 heavy (non-hydrogen) atoms. The summed E-state index contributed by atoms with van der Waals surface area (Å²) in [6.07, 6.45) is 5.94. The molecule has 0 radical (unpaired) electrons. The monoisotopic (exact) mass is 376 g/mol. The van der Waals surface area contributed by atoms with Gasteiger partial charge in [-0.15, -0.1) is 10.2 Å². The first kappa shape index (κ1) is 18.2. The molecule has 1 fully saturated rings. The number of hydrogen-bond acceptors (Lipinski definition) is 6. The van der Waals surface area contributed by atoms with E-state index in [0.29, 0.717) is 6.04 Å². The van der Waals surface area contributed by atoms with Crippen molar-refractivity contribution >= 4 is 39.8 Å². The predicted molar refractivity (Wildman–Crippen MR) is 105 cm³/mol. The van der Waals surface area contributed by atoms with E-state index < -0.39 is 0 Å². The molecule has 1 aliphatic rings. The highest BCUT2D eigenvalue weighted by molar-refractivity contribution is 8.02. The van der Waals surface area contributed by atoms with Gasteiger partial charge in [0, 0.05) is 11.7 Å². The maximum absolute atomic E-state index is 12.4. The number of aromatic nitrogens is 2. The Labute approximate surface area is 157 Å². The molecular formula is C18H24N4OS2. The van der Waals surface area contributed by atoms with Gasteiger partial charge in [-0.3, -0.25) is 4.79 Å². The van der Waals surface area contributed by atoms with Crippen LogP contribution in [0, 0.1) is 6.92 Å². The third kappa shape index (κ3) is 5.44. The zero-order valence-corrected chi connectivity index (χ0v) is 16.3. The summed E-state index contributed by atoms with van der Waals surface area (Å²) in [5, 5.41) is 15.4. The summed E-state index contributed by atoms with van der Waals surface area (Å²) in [5.41, 5.74) is 2.19. The summed E-state index contributed by atoms with van der Waals surface area (Å²) >= 11 is 2.94. The van der Waals surface area contributed by atoms with Crippen molar-refractivity contribution in [2.24, 2.45) is 0 Å². The molecule has 5 nitrogen and oxygen atoms in total. The lowest BCUT2D eigenvalue weighted by molar-refractivity contribution is -0.121. The van der Waals surface area contributed by atoms with Gasteiger partial charge in [0.15, 0.2) is 4.34 Å². The largest absolute Gasteiger partial charge is 0.352 e. The van der Waals surface area contributed by atoms with Crippen LogP contribution in [0.4, 0.5) is 10.8 Å². The fraction of sp³-hybridized carbons (Fsp3) is 0.500. The van der Waals surface area contributed by atoms with Crippen LogP contribution in [0.5, 0.6) is 0 Å². The third-order valence-corrected chi connectivity index (χ3v) is 6.30. The summed E-state index contributed by atoms with van der Waals surface area (Å²) in [7, 11) is 0. The molecule has 7 heteroatoms. The van der Waals surface area contributed by atoms with Crippen molar-refractivity contribution in [3.05, 3.63) is 29.8 Å². The fourth-order valence-corrected chi connectivity index (χ4v) is 4.85. The normalized spacial score (nSPS) is 16.4. The zero-order valence-electron chi connectivity index (χ0n) is 14.6. The van der Waals surface area contributed by atoms with Crippen LogP contribution in [0.2, 0.25) is 0 Å². The number of nitrogens with zero attached hydrogens (tertiary/aromatic N) is 2. The van der Waals surface area contributed by atoms with Crippen LogP contribution in [0.15, 0.2) is 28.6 Å². The minimum atomic E-state index is -0.165. The molecule has 1 aliphatic carbocycles. The molecule has 0 bridgehead atoms. The number of benzene rings is 1. The van der Waals surface area contributed by atoms with E-state index in [1.54, 1.807) is 0 Å². The van der Waals surface area contributed by atoms with Crippen LogP contribution in [-0.4, -0.2) is 27.4 Å². The quantitative estimate of drug-likeness (QED) is 0.726. The molecule has 1 aromatic carbocycles. The first-order valence-electron chi connectivity index (χ1n) is 8.74. The Kier molecular flexibility index (Phi) is 6.31. The first-order chi connectivity index (χ1) is 12.1. The lowest BCUT2D eigenvalue weighted by Gasteiger charge is -2.24. The van der Waals surface area contributed by atoms with Crippen molar-refractivity contribution in [1.82, 2.24) is 15.5 Å². The number of thioether (sulfide) groups is 1. The second-order valence-corrected chi connectivity index (χ2v) is 9.04. The summed E-state index contributed by atoms with van der Waals surface area (Å²) in [6.45, 7) is 3.98. The van der Waals surface area contributed by atoms with Crippen molar-refractivity contribution in [1.29, 1.82) is 0 Å². The standard InChI is InChI=1S/C18H24N4OS2/c1-12-7-6-10-15(11-12)20-17-21-22-18(25-17)24-13(2)16(23)19-14-8-4-3-5-9-14/h6-7,10-11,13-14H,3-5,8-9H2,1-2H3,(H,19,23)(H,20,21). The lowest BCUT2D eigenvalue weighted by atomic mass is 9.95. The molecule has 1 saturated carbocycles. The van der Waals surface area contributed by atoms with Crippen LogP contribution in [0.25, 0.3) is 0 Å². The molecule has 1 unspecified atom stereocenters. The SMILES string of the molecule is Cc1cccc(Nc2nnc(SC(C)C(=O)NC3CCCCC3)s2)c1. The van der Waals surface area contributed by atoms with Crippen LogP contribution in [-0.2, 0) is 4.79 Å². The zero-order chi connectivity index (χ0) is 17.6. The molecule has 0 aliphatic heterocycles. The molecule has 1 aromatic heterocycles. The number of hydrogen-bond donors (Lipinski definition) is 2. The maximum Gasteiger partial charge on any atom is 0.233 e. The molecule has 0 spiro atoms. The van der Waals surface area contributed by atoms with E-state index in [-0.39, 0.29) is 11.2 Å². The Bertz CT molecular complexity index is 713. The topological polar surface area (TPSA) is 66.9 Å². The molecule has 134 valence electrons. The highest BCUT2D eigenvalue weighted by Crippen LogP contribution is 2.31. The Morgan fingerprint density at radius 3 is 2.84 bits per heavy atom. The number of carbonyl (C=O) groups excluding carboxylic acids is 1. The highest BCUT2D eigenvalue weighted by atomic mass is 32.2. The van der Waals surface area contributed by atoms with Gasteiger partial charge < -0.3 is 10.6 Å². The second-order valence-electron chi connectivity index (χ2n) is 6.47. The molecule has 2 N–H and O–H groups in total. The Balaban J connectivity index is 1.52. The molecule has 2 aromatic rings. The van der Waals surface area contributed by atoms with Gasteiger partial charge in [0.2, 0.25) is 11.0 Å².